The third kappa shape index (κ3) is 4.29. The van der Waals surface area contributed by atoms with Crippen molar-refractivity contribution in [2.75, 3.05) is 11.9 Å². The summed E-state index contributed by atoms with van der Waals surface area (Å²) < 4.78 is 0. The van der Waals surface area contributed by atoms with Crippen LogP contribution in [-0.4, -0.2) is 17.4 Å². The summed E-state index contributed by atoms with van der Waals surface area (Å²) in [6.45, 7) is 5.06. The zero-order chi connectivity index (χ0) is 15.1. The molecular weight excluding hydrogens is 282 g/mol. The molecule has 0 saturated heterocycles. The van der Waals surface area contributed by atoms with Gasteiger partial charge in [0.25, 0.3) is 5.91 Å². The second-order valence-corrected chi connectivity index (χ2v) is 5.79. The number of rotatable bonds is 7. The molecule has 1 amide bonds. The number of hydrogen-bond donors (Lipinski definition) is 2. The Hall–Kier alpha value is -1.88. The fraction of sp³-hybridized carbons (Fsp3) is 0.375. The van der Waals surface area contributed by atoms with E-state index in [0.29, 0.717) is 5.69 Å². The molecule has 0 aromatic carbocycles. The SMILES string of the molecule is CCCNc1ccnc(C(=O)NC(CC)c2cccs2)c1. The van der Waals surface area contributed by atoms with Crippen LogP contribution in [0.2, 0.25) is 0 Å². The fourth-order valence-corrected chi connectivity index (χ4v) is 2.89. The van der Waals surface area contributed by atoms with Crippen molar-refractivity contribution >= 4 is 22.9 Å². The summed E-state index contributed by atoms with van der Waals surface area (Å²) in [5.41, 5.74) is 1.38. The first-order chi connectivity index (χ1) is 10.2. The second kappa shape index (κ2) is 7.78. The molecule has 0 bridgehead atoms. The Balaban J connectivity index is 2.05. The van der Waals surface area contributed by atoms with Crippen LogP contribution in [0.15, 0.2) is 35.8 Å². The number of nitrogens with one attached hydrogen (secondary N) is 2. The molecule has 1 unspecified atom stereocenters. The molecule has 4 nitrogen and oxygen atoms in total. The topological polar surface area (TPSA) is 54.0 Å². The average Bonchev–Trinajstić information content (AvgIpc) is 3.04. The van der Waals surface area contributed by atoms with Crippen LogP contribution < -0.4 is 10.6 Å². The minimum atomic E-state index is -0.129. The summed E-state index contributed by atoms with van der Waals surface area (Å²) in [5.74, 6) is -0.129. The van der Waals surface area contributed by atoms with E-state index in [0.717, 1.165) is 25.1 Å². The zero-order valence-corrected chi connectivity index (χ0v) is 13.2. The number of hydrogen-bond acceptors (Lipinski definition) is 4. The average molecular weight is 303 g/mol. The van der Waals surface area contributed by atoms with Crippen LogP contribution >= 0.6 is 11.3 Å². The first-order valence-electron chi connectivity index (χ1n) is 7.28. The monoisotopic (exact) mass is 303 g/mol. The van der Waals surface area contributed by atoms with Crippen molar-refractivity contribution in [3.8, 4) is 0 Å². The van der Waals surface area contributed by atoms with Gasteiger partial charge in [0.15, 0.2) is 0 Å². The van der Waals surface area contributed by atoms with Gasteiger partial charge in [-0.2, -0.15) is 0 Å². The molecule has 2 aromatic rings. The maximum Gasteiger partial charge on any atom is 0.270 e. The molecule has 2 aromatic heterocycles. The molecule has 0 saturated carbocycles. The van der Waals surface area contributed by atoms with Gasteiger partial charge in [-0.25, -0.2) is 0 Å². The summed E-state index contributed by atoms with van der Waals surface area (Å²) in [7, 11) is 0. The zero-order valence-electron chi connectivity index (χ0n) is 12.4. The van der Waals surface area contributed by atoms with E-state index in [1.54, 1.807) is 23.6 Å². The lowest BCUT2D eigenvalue weighted by atomic mass is 10.2. The molecule has 5 heteroatoms. The summed E-state index contributed by atoms with van der Waals surface area (Å²) in [6, 6.07) is 7.77. The van der Waals surface area contributed by atoms with Gasteiger partial charge in [0, 0.05) is 23.3 Å². The van der Waals surface area contributed by atoms with E-state index in [9.17, 15) is 4.79 Å². The third-order valence-electron chi connectivity index (χ3n) is 3.17. The normalized spacial score (nSPS) is 11.9. The lowest BCUT2D eigenvalue weighted by molar-refractivity contribution is 0.0931. The van der Waals surface area contributed by atoms with Gasteiger partial charge in [0.2, 0.25) is 0 Å². The van der Waals surface area contributed by atoms with Crippen LogP contribution in [0.25, 0.3) is 0 Å². The van der Waals surface area contributed by atoms with Gasteiger partial charge in [-0.3, -0.25) is 9.78 Å². The molecule has 2 heterocycles. The van der Waals surface area contributed by atoms with E-state index in [1.165, 1.54) is 4.88 Å². The highest BCUT2D eigenvalue weighted by Crippen LogP contribution is 2.22. The summed E-state index contributed by atoms with van der Waals surface area (Å²) in [4.78, 5) is 17.7. The molecule has 0 aliphatic heterocycles. The molecule has 112 valence electrons. The summed E-state index contributed by atoms with van der Waals surface area (Å²) >= 11 is 1.66. The van der Waals surface area contributed by atoms with E-state index in [1.807, 2.05) is 23.6 Å². The van der Waals surface area contributed by atoms with E-state index in [-0.39, 0.29) is 11.9 Å². The van der Waals surface area contributed by atoms with Crippen LogP contribution in [0.1, 0.15) is 48.1 Å². The molecule has 2 rings (SSSR count). The van der Waals surface area contributed by atoms with E-state index >= 15 is 0 Å². The van der Waals surface area contributed by atoms with Gasteiger partial charge < -0.3 is 10.6 Å². The predicted molar refractivity (Wildman–Crippen MR) is 87.8 cm³/mol. The predicted octanol–water partition coefficient (Wildman–Crippen LogP) is 3.85. The lowest BCUT2D eigenvalue weighted by Crippen LogP contribution is -2.28. The molecular formula is C16H21N3OS. The molecule has 2 N–H and O–H groups in total. The number of anilines is 1. The Bertz CT molecular complexity index is 569. The fourth-order valence-electron chi connectivity index (χ4n) is 2.03. The Morgan fingerprint density at radius 1 is 1.38 bits per heavy atom. The van der Waals surface area contributed by atoms with Crippen molar-refractivity contribution in [3.05, 3.63) is 46.4 Å². The highest BCUT2D eigenvalue weighted by atomic mass is 32.1. The van der Waals surface area contributed by atoms with Crippen LogP contribution in [-0.2, 0) is 0 Å². The van der Waals surface area contributed by atoms with Crippen molar-refractivity contribution < 1.29 is 4.79 Å². The van der Waals surface area contributed by atoms with E-state index in [2.05, 4.69) is 29.5 Å². The standard InChI is InChI=1S/C16H21N3OS/c1-3-8-17-12-7-9-18-14(11-12)16(20)19-13(4-2)15-6-5-10-21-15/h5-7,9-11,13H,3-4,8H2,1-2H3,(H,17,18)(H,19,20). The first kappa shape index (κ1) is 15.5. The Labute approximate surface area is 129 Å². The Kier molecular flexibility index (Phi) is 5.75. The Morgan fingerprint density at radius 2 is 2.24 bits per heavy atom. The number of pyridine rings is 1. The van der Waals surface area contributed by atoms with E-state index < -0.39 is 0 Å². The summed E-state index contributed by atoms with van der Waals surface area (Å²) in [5, 5.41) is 8.34. The summed E-state index contributed by atoms with van der Waals surface area (Å²) in [6.07, 6.45) is 3.57. The number of amides is 1. The maximum atomic E-state index is 12.3. The number of carbonyl (C=O) groups excluding carboxylic acids is 1. The molecule has 0 aliphatic rings. The van der Waals surface area contributed by atoms with Crippen LogP contribution in [0, 0.1) is 0 Å². The van der Waals surface area contributed by atoms with Crippen molar-refractivity contribution in [3.63, 3.8) is 0 Å². The number of nitrogens with zero attached hydrogens (tertiary/aromatic N) is 1. The van der Waals surface area contributed by atoms with Gasteiger partial charge in [-0.15, -0.1) is 11.3 Å². The van der Waals surface area contributed by atoms with Crippen LogP contribution in [0.4, 0.5) is 5.69 Å². The van der Waals surface area contributed by atoms with Crippen molar-refractivity contribution in [1.82, 2.24) is 10.3 Å². The lowest BCUT2D eigenvalue weighted by Gasteiger charge is -2.15. The van der Waals surface area contributed by atoms with Crippen molar-refractivity contribution in [2.24, 2.45) is 0 Å². The molecule has 0 radical (unpaired) electrons. The molecule has 1 atom stereocenters. The minimum absolute atomic E-state index is 0.0477. The largest absolute Gasteiger partial charge is 0.385 e. The smallest absolute Gasteiger partial charge is 0.270 e. The molecule has 21 heavy (non-hydrogen) atoms. The number of thiophene rings is 1. The van der Waals surface area contributed by atoms with Gasteiger partial charge >= 0.3 is 0 Å². The van der Waals surface area contributed by atoms with Crippen molar-refractivity contribution in [1.29, 1.82) is 0 Å². The van der Waals surface area contributed by atoms with Crippen molar-refractivity contribution in [2.45, 2.75) is 32.7 Å². The van der Waals surface area contributed by atoms with Gasteiger partial charge in [-0.1, -0.05) is 19.9 Å². The maximum absolute atomic E-state index is 12.3. The minimum Gasteiger partial charge on any atom is -0.385 e. The van der Waals surface area contributed by atoms with Gasteiger partial charge in [-0.05, 0) is 36.4 Å². The molecule has 0 spiro atoms. The number of carbonyl (C=O) groups is 1. The molecule has 0 fully saturated rings. The van der Waals surface area contributed by atoms with Gasteiger partial charge in [0.05, 0.1) is 6.04 Å². The quantitative estimate of drug-likeness (QED) is 0.817. The number of aromatic nitrogens is 1. The van der Waals surface area contributed by atoms with Crippen LogP contribution in [0.5, 0.6) is 0 Å². The van der Waals surface area contributed by atoms with E-state index in [4.69, 9.17) is 0 Å². The second-order valence-electron chi connectivity index (χ2n) is 4.81. The molecule has 0 aliphatic carbocycles. The van der Waals surface area contributed by atoms with Crippen LogP contribution in [0.3, 0.4) is 0 Å². The van der Waals surface area contributed by atoms with Gasteiger partial charge in [0.1, 0.15) is 5.69 Å². The third-order valence-corrected chi connectivity index (χ3v) is 4.16. The first-order valence-corrected chi connectivity index (χ1v) is 8.16. The highest BCUT2D eigenvalue weighted by molar-refractivity contribution is 7.10. The highest BCUT2D eigenvalue weighted by Gasteiger charge is 2.15. The Morgan fingerprint density at radius 3 is 2.90 bits per heavy atom.